The third-order valence-electron chi connectivity index (χ3n) is 7.10. The predicted molar refractivity (Wildman–Crippen MR) is 132 cm³/mol. The average Bonchev–Trinajstić information content (AvgIpc) is 3.62. The van der Waals surface area contributed by atoms with Crippen LogP contribution < -0.4 is 5.73 Å². The summed E-state index contributed by atoms with van der Waals surface area (Å²) in [7, 11) is 0. The summed E-state index contributed by atoms with van der Waals surface area (Å²) in [5.74, 6) is 1.20. The van der Waals surface area contributed by atoms with Crippen molar-refractivity contribution in [3.8, 4) is 17.2 Å². The molecule has 1 saturated heterocycles. The normalized spacial score (nSPS) is 15.8. The summed E-state index contributed by atoms with van der Waals surface area (Å²) in [6, 6.07) is 10.2. The lowest BCUT2D eigenvalue weighted by Gasteiger charge is -2.31. The Hall–Kier alpha value is -4.38. The number of amides is 1. The maximum absolute atomic E-state index is 11.6. The molecule has 1 amide bonds. The van der Waals surface area contributed by atoms with Crippen LogP contribution in [0, 0.1) is 11.3 Å². The third kappa shape index (κ3) is 3.56. The summed E-state index contributed by atoms with van der Waals surface area (Å²) in [5, 5.41) is 14.7. The van der Waals surface area contributed by atoms with Crippen molar-refractivity contribution < 1.29 is 9.21 Å². The van der Waals surface area contributed by atoms with E-state index in [0.29, 0.717) is 17.0 Å². The van der Waals surface area contributed by atoms with E-state index >= 15 is 0 Å². The zero-order valence-corrected chi connectivity index (χ0v) is 19.4. The van der Waals surface area contributed by atoms with E-state index in [-0.39, 0.29) is 11.9 Å². The number of nitrogens with two attached hydrogens (primary N) is 1. The van der Waals surface area contributed by atoms with Crippen molar-refractivity contribution in [1.29, 1.82) is 5.26 Å². The van der Waals surface area contributed by atoms with Crippen molar-refractivity contribution in [2.75, 3.05) is 18.8 Å². The van der Waals surface area contributed by atoms with Crippen LogP contribution in [0.25, 0.3) is 27.7 Å². The van der Waals surface area contributed by atoms with E-state index in [0.717, 1.165) is 71.3 Å². The summed E-state index contributed by atoms with van der Waals surface area (Å²) in [6.45, 7) is 3.12. The molecule has 2 N–H and O–H groups in total. The molecule has 6 rings (SSSR count). The molecule has 8 nitrogen and oxygen atoms in total. The van der Waals surface area contributed by atoms with Gasteiger partial charge in [-0.15, -0.1) is 0 Å². The Morgan fingerprint density at radius 2 is 2.03 bits per heavy atom. The Labute approximate surface area is 202 Å². The van der Waals surface area contributed by atoms with E-state index in [4.69, 9.17) is 10.2 Å². The molecule has 1 aliphatic heterocycles. The van der Waals surface area contributed by atoms with E-state index in [1.165, 1.54) is 0 Å². The van der Waals surface area contributed by atoms with Crippen LogP contribution in [0.5, 0.6) is 0 Å². The fourth-order valence-corrected chi connectivity index (χ4v) is 5.18. The van der Waals surface area contributed by atoms with E-state index < -0.39 is 0 Å². The zero-order chi connectivity index (χ0) is 24.1. The molecule has 8 heteroatoms. The Morgan fingerprint density at radius 3 is 2.80 bits per heavy atom. The fraction of sp³-hybridized carbons (Fsp3) is 0.259. The van der Waals surface area contributed by atoms with Gasteiger partial charge in [0.2, 0.25) is 5.91 Å². The summed E-state index contributed by atoms with van der Waals surface area (Å²) in [5.41, 5.74) is 12.5. The molecule has 0 unspecified atom stereocenters. The van der Waals surface area contributed by atoms with Gasteiger partial charge in [-0.2, -0.15) is 10.4 Å². The van der Waals surface area contributed by atoms with Crippen LogP contribution in [0.3, 0.4) is 0 Å². The molecule has 35 heavy (non-hydrogen) atoms. The molecule has 0 radical (unpaired) electrons. The number of nitriles is 1. The topological polar surface area (TPSA) is 114 Å². The largest absolute Gasteiger partial charge is 0.452 e. The second kappa shape index (κ2) is 8.13. The number of carbonyl (C=O) groups excluding carboxylic acids is 1. The molecule has 0 spiro atoms. The number of allylic oxidation sites excluding steroid dienone is 1. The monoisotopic (exact) mass is 464 g/mol. The van der Waals surface area contributed by atoms with Crippen molar-refractivity contribution in [1.82, 2.24) is 19.7 Å². The van der Waals surface area contributed by atoms with Gasteiger partial charge >= 0.3 is 0 Å². The second-order valence-corrected chi connectivity index (χ2v) is 9.16. The highest BCUT2D eigenvalue weighted by molar-refractivity contribution is 6.00. The van der Waals surface area contributed by atoms with E-state index in [9.17, 15) is 10.1 Å². The molecular weight excluding hydrogens is 440 g/mol. The number of anilines is 1. The minimum atomic E-state index is 0.126. The van der Waals surface area contributed by atoms with Crippen LogP contribution in [-0.2, 0) is 11.2 Å². The minimum Gasteiger partial charge on any atom is -0.452 e. The maximum atomic E-state index is 11.6. The van der Waals surface area contributed by atoms with Gasteiger partial charge in [-0.25, -0.2) is 4.98 Å². The van der Waals surface area contributed by atoms with Gasteiger partial charge in [0.25, 0.3) is 0 Å². The van der Waals surface area contributed by atoms with Gasteiger partial charge in [0.15, 0.2) is 11.4 Å². The summed E-state index contributed by atoms with van der Waals surface area (Å²) >= 11 is 0. The van der Waals surface area contributed by atoms with Crippen LogP contribution in [0.2, 0.25) is 0 Å². The zero-order valence-electron chi connectivity index (χ0n) is 19.4. The lowest BCUT2D eigenvalue weighted by Crippen LogP contribution is -2.37. The quantitative estimate of drug-likeness (QED) is 0.483. The van der Waals surface area contributed by atoms with Gasteiger partial charge in [-0.3, -0.25) is 9.48 Å². The highest BCUT2D eigenvalue weighted by atomic mass is 16.3. The van der Waals surface area contributed by atoms with Gasteiger partial charge in [-0.1, -0.05) is 12.1 Å². The number of benzene rings is 1. The number of aromatic nitrogens is 3. The molecule has 174 valence electrons. The summed E-state index contributed by atoms with van der Waals surface area (Å²) in [4.78, 5) is 17.9. The third-order valence-corrected chi connectivity index (χ3v) is 7.10. The van der Waals surface area contributed by atoms with Gasteiger partial charge in [0, 0.05) is 54.5 Å². The number of carbonyl (C=O) groups is 1. The number of fused-ring (bicyclic) bond motifs is 2. The molecule has 1 aromatic carbocycles. The Balaban J connectivity index is 1.33. The van der Waals surface area contributed by atoms with Crippen LogP contribution in [0.1, 0.15) is 48.3 Å². The number of piperidine rings is 1. The fourth-order valence-electron chi connectivity index (χ4n) is 5.18. The van der Waals surface area contributed by atoms with E-state index in [1.54, 1.807) is 13.1 Å². The SMILES string of the molecule is CC(=O)N1CCC(n2cc(-c3cnc(N)c4oc(C5=CCc6cc(C#N)ccc65)cc34)cn2)CC1. The molecule has 1 fully saturated rings. The first-order chi connectivity index (χ1) is 17.0. The number of pyridine rings is 1. The molecule has 2 aliphatic rings. The van der Waals surface area contributed by atoms with Gasteiger partial charge in [-0.05, 0) is 48.6 Å². The molecular formula is C27H24N6O2. The summed E-state index contributed by atoms with van der Waals surface area (Å²) < 4.78 is 8.23. The van der Waals surface area contributed by atoms with Crippen LogP contribution >= 0.6 is 0 Å². The van der Waals surface area contributed by atoms with Crippen molar-refractivity contribution in [3.63, 3.8) is 0 Å². The number of furan rings is 1. The van der Waals surface area contributed by atoms with E-state index in [2.05, 4.69) is 22.2 Å². The van der Waals surface area contributed by atoms with Gasteiger partial charge in [0.05, 0.1) is 23.9 Å². The highest BCUT2D eigenvalue weighted by Gasteiger charge is 2.24. The lowest BCUT2D eigenvalue weighted by atomic mass is 10.0. The first-order valence-electron chi connectivity index (χ1n) is 11.7. The van der Waals surface area contributed by atoms with Crippen molar-refractivity contribution in [2.24, 2.45) is 0 Å². The van der Waals surface area contributed by atoms with Crippen LogP contribution in [0.4, 0.5) is 5.82 Å². The molecule has 1 aliphatic carbocycles. The summed E-state index contributed by atoms with van der Waals surface area (Å²) in [6.07, 6.45) is 10.3. The smallest absolute Gasteiger partial charge is 0.219 e. The van der Waals surface area contributed by atoms with Crippen molar-refractivity contribution in [3.05, 3.63) is 71.4 Å². The standard InChI is InChI=1S/C27H24N6O2/c1-16(34)32-8-6-20(7-9-32)33-15-19(13-31-33)24-14-30-27(29)26-23(24)11-25(35-26)22-5-3-18-10-17(12-28)2-4-21(18)22/h2,4-5,10-11,13-15,20H,3,6-9H2,1H3,(H2,29,30). The number of nitrogen functional groups attached to an aromatic ring is 1. The van der Waals surface area contributed by atoms with Crippen LogP contribution in [0.15, 0.2) is 53.3 Å². The van der Waals surface area contributed by atoms with Gasteiger partial charge in [0.1, 0.15) is 5.76 Å². The number of nitrogens with zero attached hydrogens (tertiary/aromatic N) is 5. The van der Waals surface area contributed by atoms with Crippen LogP contribution in [-0.4, -0.2) is 38.7 Å². The van der Waals surface area contributed by atoms with E-state index in [1.807, 2.05) is 46.2 Å². The predicted octanol–water partition coefficient (Wildman–Crippen LogP) is 4.32. The number of rotatable bonds is 3. The lowest BCUT2D eigenvalue weighted by molar-refractivity contribution is -0.130. The number of likely N-dealkylation sites (tertiary alicyclic amines) is 1. The molecule has 0 atom stereocenters. The first kappa shape index (κ1) is 21.2. The average molecular weight is 465 g/mol. The number of hydrogen-bond donors (Lipinski definition) is 1. The Kier molecular flexibility index (Phi) is 4.92. The molecule has 4 heterocycles. The molecule has 0 saturated carbocycles. The first-order valence-corrected chi connectivity index (χ1v) is 11.7. The second-order valence-electron chi connectivity index (χ2n) is 9.16. The van der Waals surface area contributed by atoms with Gasteiger partial charge < -0.3 is 15.1 Å². The number of hydrogen-bond acceptors (Lipinski definition) is 6. The van der Waals surface area contributed by atoms with Crippen molar-refractivity contribution >= 4 is 28.3 Å². The Morgan fingerprint density at radius 1 is 1.20 bits per heavy atom. The maximum Gasteiger partial charge on any atom is 0.219 e. The molecule has 4 aromatic rings. The molecule has 0 bridgehead atoms. The highest BCUT2D eigenvalue weighted by Crippen LogP contribution is 2.40. The minimum absolute atomic E-state index is 0.126. The Bertz CT molecular complexity index is 1550. The molecule has 3 aromatic heterocycles. The van der Waals surface area contributed by atoms with Crippen molar-refractivity contribution in [2.45, 2.75) is 32.2 Å².